The fourth-order valence-corrected chi connectivity index (χ4v) is 0.863. The van der Waals surface area contributed by atoms with Gasteiger partial charge in [-0.3, -0.25) is 9.59 Å². The lowest BCUT2D eigenvalue weighted by Gasteiger charge is -2.17. The van der Waals surface area contributed by atoms with Gasteiger partial charge in [-0.25, -0.2) is 0 Å². The van der Waals surface area contributed by atoms with Crippen molar-refractivity contribution in [2.45, 2.75) is 26.3 Å². The molecule has 5 heteroatoms. The molecule has 0 rings (SSSR count). The van der Waals surface area contributed by atoms with Crippen molar-refractivity contribution in [3.63, 3.8) is 0 Å². The van der Waals surface area contributed by atoms with Gasteiger partial charge in [0.15, 0.2) is 0 Å². The molecule has 0 aliphatic rings. The largest absolute Gasteiger partial charge is 0.368 e. The minimum Gasteiger partial charge on any atom is -0.368 e. The molecule has 0 aromatic heterocycles. The number of nitrogens with two attached hydrogens (primary N) is 1. The van der Waals surface area contributed by atoms with Gasteiger partial charge < -0.3 is 11.1 Å². The number of primary amides is 1. The molecular weight excluding hydrogens is 170 g/mol. The summed E-state index contributed by atoms with van der Waals surface area (Å²) >= 11 is 0. The second-order valence-corrected chi connectivity index (χ2v) is 3.03. The van der Waals surface area contributed by atoms with Crippen LogP contribution >= 0.6 is 0 Å². The molecule has 1 unspecified atom stereocenters. The molecule has 0 heterocycles. The highest BCUT2D eigenvalue weighted by Gasteiger charge is 2.20. The Bertz CT molecular complexity index is 242. The Balaban J connectivity index is 4.20. The van der Waals surface area contributed by atoms with E-state index in [-0.39, 0.29) is 12.3 Å². The molecule has 0 bridgehead atoms. The Hall–Kier alpha value is -1.57. The highest BCUT2D eigenvalue weighted by Crippen LogP contribution is 2.00. The van der Waals surface area contributed by atoms with Crippen molar-refractivity contribution in [2.24, 2.45) is 11.7 Å². The summed E-state index contributed by atoms with van der Waals surface area (Å²) in [5, 5.41) is 10.6. The van der Waals surface area contributed by atoms with Crippen LogP contribution in [0.5, 0.6) is 0 Å². The van der Waals surface area contributed by atoms with E-state index in [1.54, 1.807) is 19.9 Å². The molecule has 2 amide bonds. The highest BCUT2D eigenvalue weighted by molar-refractivity contribution is 5.87. The van der Waals surface area contributed by atoms with Gasteiger partial charge in [-0.05, 0) is 5.92 Å². The average molecular weight is 183 g/mol. The van der Waals surface area contributed by atoms with Gasteiger partial charge >= 0.3 is 0 Å². The lowest BCUT2D eigenvalue weighted by atomic mass is 10.0. The number of hydrogen-bond donors (Lipinski definition) is 2. The molecule has 0 aliphatic carbocycles. The summed E-state index contributed by atoms with van der Waals surface area (Å²) in [5.74, 6) is -1.12. The zero-order valence-electron chi connectivity index (χ0n) is 7.70. The number of carbonyl (C=O) groups is 2. The van der Waals surface area contributed by atoms with Gasteiger partial charge in [0.1, 0.15) is 12.5 Å². The van der Waals surface area contributed by atoms with Gasteiger partial charge in [0, 0.05) is 0 Å². The van der Waals surface area contributed by atoms with Crippen LogP contribution in [0.25, 0.3) is 0 Å². The van der Waals surface area contributed by atoms with E-state index in [2.05, 4.69) is 5.32 Å². The molecule has 0 aromatic carbocycles. The van der Waals surface area contributed by atoms with Gasteiger partial charge in [0.25, 0.3) is 0 Å². The Labute approximate surface area is 76.9 Å². The standard InChI is InChI=1S/C8H13N3O2/c1-5(2)7(8(10)13)11-6(12)3-4-9/h5,7H,3H2,1-2H3,(H2,10,13)(H,11,12). The zero-order valence-corrected chi connectivity index (χ0v) is 7.70. The van der Waals surface area contributed by atoms with Crippen molar-refractivity contribution < 1.29 is 9.59 Å². The molecule has 0 spiro atoms. The van der Waals surface area contributed by atoms with E-state index in [9.17, 15) is 9.59 Å². The minimum absolute atomic E-state index is 0.0693. The first kappa shape index (κ1) is 11.4. The third-order valence-electron chi connectivity index (χ3n) is 1.53. The van der Waals surface area contributed by atoms with E-state index < -0.39 is 17.9 Å². The van der Waals surface area contributed by atoms with E-state index in [4.69, 9.17) is 11.0 Å². The quantitative estimate of drug-likeness (QED) is 0.616. The first-order valence-electron chi connectivity index (χ1n) is 3.94. The number of nitrogens with zero attached hydrogens (tertiary/aromatic N) is 1. The monoisotopic (exact) mass is 183 g/mol. The van der Waals surface area contributed by atoms with E-state index in [1.807, 2.05) is 0 Å². The number of nitrogens with one attached hydrogen (secondary N) is 1. The summed E-state index contributed by atoms with van der Waals surface area (Å²) in [4.78, 5) is 21.7. The van der Waals surface area contributed by atoms with Crippen LogP contribution in [0.4, 0.5) is 0 Å². The third kappa shape index (κ3) is 4.11. The Morgan fingerprint density at radius 1 is 1.54 bits per heavy atom. The molecule has 0 fully saturated rings. The minimum atomic E-state index is -0.694. The first-order valence-corrected chi connectivity index (χ1v) is 3.94. The number of rotatable bonds is 4. The lowest BCUT2D eigenvalue weighted by Crippen LogP contribution is -2.47. The highest BCUT2D eigenvalue weighted by atomic mass is 16.2. The fourth-order valence-electron chi connectivity index (χ4n) is 0.863. The summed E-state index contributed by atoms with van der Waals surface area (Å²) in [6.45, 7) is 3.53. The van der Waals surface area contributed by atoms with Gasteiger partial charge in [-0.1, -0.05) is 13.8 Å². The van der Waals surface area contributed by atoms with E-state index >= 15 is 0 Å². The van der Waals surface area contributed by atoms with Gasteiger partial charge in [0.2, 0.25) is 11.8 Å². The van der Waals surface area contributed by atoms with Crippen LogP contribution in [0.3, 0.4) is 0 Å². The van der Waals surface area contributed by atoms with Crippen molar-refractivity contribution in [2.75, 3.05) is 0 Å². The second-order valence-electron chi connectivity index (χ2n) is 3.03. The number of amides is 2. The maximum absolute atomic E-state index is 10.9. The molecule has 72 valence electrons. The topological polar surface area (TPSA) is 96.0 Å². The molecule has 0 saturated carbocycles. The molecule has 13 heavy (non-hydrogen) atoms. The number of hydrogen-bond acceptors (Lipinski definition) is 3. The van der Waals surface area contributed by atoms with Crippen LogP contribution in [0.2, 0.25) is 0 Å². The third-order valence-corrected chi connectivity index (χ3v) is 1.53. The Morgan fingerprint density at radius 2 is 2.08 bits per heavy atom. The molecule has 0 saturated heterocycles. The van der Waals surface area contributed by atoms with Gasteiger partial charge in [-0.2, -0.15) is 5.26 Å². The van der Waals surface area contributed by atoms with Crippen LogP contribution in [-0.4, -0.2) is 17.9 Å². The van der Waals surface area contributed by atoms with Crippen molar-refractivity contribution in [3.8, 4) is 6.07 Å². The molecule has 3 N–H and O–H groups in total. The van der Waals surface area contributed by atoms with Crippen LogP contribution in [0.1, 0.15) is 20.3 Å². The van der Waals surface area contributed by atoms with E-state index in [1.165, 1.54) is 0 Å². The van der Waals surface area contributed by atoms with Crippen LogP contribution < -0.4 is 11.1 Å². The molecular formula is C8H13N3O2. The summed E-state index contributed by atoms with van der Waals surface area (Å²) < 4.78 is 0. The van der Waals surface area contributed by atoms with E-state index in [0.29, 0.717) is 0 Å². The van der Waals surface area contributed by atoms with Gasteiger partial charge in [-0.15, -0.1) is 0 Å². The smallest absolute Gasteiger partial charge is 0.240 e. The van der Waals surface area contributed by atoms with E-state index in [0.717, 1.165) is 0 Å². The second kappa shape index (κ2) is 5.14. The van der Waals surface area contributed by atoms with Crippen LogP contribution in [0, 0.1) is 17.2 Å². The lowest BCUT2D eigenvalue weighted by molar-refractivity contribution is -0.127. The maximum Gasteiger partial charge on any atom is 0.240 e. The van der Waals surface area contributed by atoms with Crippen LogP contribution in [0.15, 0.2) is 0 Å². The predicted octanol–water partition coefficient (Wildman–Crippen LogP) is -0.474. The first-order chi connectivity index (χ1) is 5.99. The molecule has 0 aromatic rings. The zero-order chi connectivity index (χ0) is 10.4. The molecule has 0 aliphatic heterocycles. The molecule has 5 nitrogen and oxygen atoms in total. The number of carbonyl (C=O) groups excluding carboxylic acids is 2. The SMILES string of the molecule is CC(C)C(NC(=O)CC#N)C(N)=O. The van der Waals surface area contributed by atoms with Crippen molar-refractivity contribution in [1.82, 2.24) is 5.32 Å². The maximum atomic E-state index is 10.9. The summed E-state index contributed by atoms with van der Waals surface area (Å²) in [7, 11) is 0. The molecule has 1 atom stereocenters. The average Bonchev–Trinajstić information content (AvgIpc) is 1.99. The Morgan fingerprint density at radius 3 is 2.38 bits per heavy atom. The summed E-state index contributed by atoms with van der Waals surface area (Å²) in [5.41, 5.74) is 5.05. The predicted molar refractivity (Wildman–Crippen MR) is 46.2 cm³/mol. The molecule has 0 radical (unpaired) electrons. The van der Waals surface area contributed by atoms with Gasteiger partial charge in [0.05, 0.1) is 6.07 Å². The van der Waals surface area contributed by atoms with Crippen molar-refractivity contribution >= 4 is 11.8 Å². The Kier molecular flexibility index (Phi) is 4.52. The van der Waals surface area contributed by atoms with Crippen molar-refractivity contribution in [1.29, 1.82) is 5.26 Å². The van der Waals surface area contributed by atoms with Crippen LogP contribution in [-0.2, 0) is 9.59 Å². The summed E-state index contributed by atoms with van der Waals surface area (Å²) in [6.07, 6.45) is -0.253. The number of nitriles is 1. The fraction of sp³-hybridized carbons (Fsp3) is 0.625. The van der Waals surface area contributed by atoms with Crippen molar-refractivity contribution in [3.05, 3.63) is 0 Å². The normalized spacial score (nSPS) is 11.8. The summed E-state index contributed by atoms with van der Waals surface area (Å²) in [6, 6.07) is 0.993.